The van der Waals surface area contributed by atoms with Crippen molar-refractivity contribution in [2.75, 3.05) is 19.6 Å². The number of nitrogens with zero attached hydrogens (tertiary/aromatic N) is 1. The molecule has 0 aliphatic carbocycles. The summed E-state index contributed by atoms with van der Waals surface area (Å²) in [4.78, 5) is 12.9. The second-order valence-electron chi connectivity index (χ2n) is 3.98. The van der Waals surface area contributed by atoms with Gasteiger partial charge in [0.1, 0.15) is 6.29 Å². The topological polar surface area (TPSA) is 20.3 Å². The summed E-state index contributed by atoms with van der Waals surface area (Å²) >= 11 is 0. The highest BCUT2D eigenvalue weighted by Crippen LogP contribution is 2.15. The Labute approximate surface area is 74.9 Å². The first kappa shape index (κ1) is 9.72. The molecule has 0 aromatic rings. The summed E-state index contributed by atoms with van der Waals surface area (Å²) < 4.78 is 0. The molecule has 1 aliphatic rings. The fourth-order valence-electron chi connectivity index (χ4n) is 1.79. The van der Waals surface area contributed by atoms with Crippen LogP contribution in [0.25, 0.3) is 0 Å². The van der Waals surface area contributed by atoms with Crippen molar-refractivity contribution >= 4 is 6.29 Å². The Morgan fingerprint density at radius 3 is 2.92 bits per heavy atom. The van der Waals surface area contributed by atoms with E-state index in [0.717, 1.165) is 32.3 Å². The third-order valence-corrected chi connectivity index (χ3v) is 2.27. The van der Waals surface area contributed by atoms with Crippen LogP contribution in [0.2, 0.25) is 0 Å². The SMILES string of the molecule is C[C](C)CN1CCCC(C=O)C1. The van der Waals surface area contributed by atoms with Crippen molar-refractivity contribution in [1.29, 1.82) is 0 Å². The molecule has 1 unspecified atom stereocenters. The maximum Gasteiger partial charge on any atom is 0.124 e. The van der Waals surface area contributed by atoms with E-state index >= 15 is 0 Å². The van der Waals surface area contributed by atoms with Gasteiger partial charge in [0.2, 0.25) is 0 Å². The molecule has 1 radical (unpaired) electrons. The minimum absolute atomic E-state index is 0.290. The molecule has 0 aromatic heterocycles. The molecule has 1 aliphatic heterocycles. The maximum absolute atomic E-state index is 10.6. The van der Waals surface area contributed by atoms with Gasteiger partial charge in [-0.25, -0.2) is 0 Å². The first-order valence-electron chi connectivity index (χ1n) is 4.69. The quantitative estimate of drug-likeness (QED) is 0.595. The van der Waals surface area contributed by atoms with Gasteiger partial charge >= 0.3 is 0 Å². The van der Waals surface area contributed by atoms with E-state index < -0.39 is 0 Å². The zero-order valence-corrected chi connectivity index (χ0v) is 8.05. The highest BCUT2D eigenvalue weighted by atomic mass is 16.1. The van der Waals surface area contributed by atoms with Gasteiger partial charge in [-0.3, -0.25) is 0 Å². The number of rotatable bonds is 3. The zero-order valence-electron chi connectivity index (χ0n) is 8.05. The number of hydrogen-bond donors (Lipinski definition) is 0. The number of carbonyl (C=O) groups is 1. The Morgan fingerprint density at radius 1 is 1.58 bits per heavy atom. The predicted octanol–water partition coefficient (Wildman–Crippen LogP) is 1.51. The summed E-state index contributed by atoms with van der Waals surface area (Å²) in [6.07, 6.45) is 3.37. The largest absolute Gasteiger partial charge is 0.303 e. The first-order chi connectivity index (χ1) is 5.72. The van der Waals surface area contributed by atoms with Gasteiger partial charge in [-0.1, -0.05) is 13.8 Å². The molecule has 0 aromatic carbocycles. The highest BCUT2D eigenvalue weighted by Gasteiger charge is 2.19. The van der Waals surface area contributed by atoms with Crippen molar-refractivity contribution in [2.45, 2.75) is 26.7 Å². The Morgan fingerprint density at radius 2 is 2.33 bits per heavy atom. The van der Waals surface area contributed by atoms with Gasteiger partial charge < -0.3 is 9.69 Å². The summed E-state index contributed by atoms with van der Waals surface area (Å²) in [5.41, 5.74) is 0. The van der Waals surface area contributed by atoms with E-state index in [1.165, 1.54) is 12.3 Å². The van der Waals surface area contributed by atoms with E-state index in [1.807, 2.05) is 0 Å². The van der Waals surface area contributed by atoms with Crippen molar-refractivity contribution in [3.8, 4) is 0 Å². The molecular weight excluding hydrogens is 150 g/mol. The van der Waals surface area contributed by atoms with Crippen molar-refractivity contribution < 1.29 is 4.79 Å². The fourth-order valence-corrected chi connectivity index (χ4v) is 1.79. The van der Waals surface area contributed by atoms with Crippen LogP contribution in [0, 0.1) is 11.8 Å². The average molecular weight is 168 g/mol. The van der Waals surface area contributed by atoms with Gasteiger partial charge in [-0.05, 0) is 25.3 Å². The lowest BCUT2D eigenvalue weighted by atomic mass is 9.99. The van der Waals surface area contributed by atoms with Crippen LogP contribution in [-0.4, -0.2) is 30.8 Å². The van der Waals surface area contributed by atoms with Gasteiger partial charge in [0.05, 0.1) is 0 Å². The molecule has 0 N–H and O–H groups in total. The first-order valence-corrected chi connectivity index (χ1v) is 4.69. The van der Waals surface area contributed by atoms with Crippen LogP contribution in [0.1, 0.15) is 26.7 Å². The molecular formula is C10H18NO. The van der Waals surface area contributed by atoms with Crippen LogP contribution < -0.4 is 0 Å². The molecule has 0 spiro atoms. The van der Waals surface area contributed by atoms with Gasteiger partial charge in [-0.2, -0.15) is 0 Å². The summed E-state index contributed by atoms with van der Waals surface area (Å²) in [5.74, 6) is 1.72. The molecule has 1 rings (SSSR count). The van der Waals surface area contributed by atoms with Crippen molar-refractivity contribution in [3.05, 3.63) is 5.92 Å². The van der Waals surface area contributed by atoms with E-state index in [9.17, 15) is 4.79 Å². The molecule has 2 nitrogen and oxygen atoms in total. The minimum atomic E-state index is 0.290. The van der Waals surface area contributed by atoms with Gasteiger partial charge in [0.25, 0.3) is 0 Å². The smallest absolute Gasteiger partial charge is 0.124 e. The average Bonchev–Trinajstić information content (AvgIpc) is 2.03. The van der Waals surface area contributed by atoms with Crippen LogP contribution in [0.5, 0.6) is 0 Å². The van der Waals surface area contributed by atoms with Crippen molar-refractivity contribution in [3.63, 3.8) is 0 Å². The third-order valence-electron chi connectivity index (χ3n) is 2.27. The van der Waals surface area contributed by atoms with E-state index in [0.29, 0.717) is 0 Å². The van der Waals surface area contributed by atoms with Crippen molar-refractivity contribution in [1.82, 2.24) is 4.90 Å². The molecule has 0 amide bonds. The van der Waals surface area contributed by atoms with E-state index in [1.54, 1.807) is 0 Å². The van der Waals surface area contributed by atoms with E-state index in [2.05, 4.69) is 18.7 Å². The summed E-state index contributed by atoms with van der Waals surface area (Å²) in [7, 11) is 0. The molecule has 0 bridgehead atoms. The molecule has 2 heteroatoms. The Bertz CT molecular complexity index is 145. The number of hydrogen-bond acceptors (Lipinski definition) is 2. The second kappa shape index (κ2) is 4.61. The Kier molecular flexibility index (Phi) is 3.73. The normalized spacial score (nSPS) is 26.1. The zero-order chi connectivity index (χ0) is 8.97. The second-order valence-corrected chi connectivity index (χ2v) is 3.98. The molecule has 12 heavy (non-hydrogen) atoms. The van der Waals surface area contributed by atoms with Crippen LogP contribution in [0.15, 0.2) is 0 Å². The van der Waals surface area contributed by atoms with Gasteiger partial charge in [0.15, 0.2) is 0 Å². The molecule has 0 saturated carbocycles. The summed E-state index contributed by atoms with van der Waals surface area (Å²) in [5, 5.41) is 0. The lowest BCUT2D eigenvalue weighted by molar-refractivity contribution is -0.112. The highest BCUT2D eigenvalue weighted by molar-refractivity contribution is 5.53. The Balaban J connectivity index is 2.30. The maximum atomic E-state index is 10.6. The fraction of sp³-hybridized carbons (Fsp3) is 0.800. The Hall–Kier alpha value is -0.370. The molecule has 1 atom stereocenters. The molecule has 69 valence electrons. The van der Waals surface area contributed by atoms with Gasteiger partial charge in [-0.15, -0.1) is 0 Å². The molecule has 1 saturated heterocycles. The number of aldehydes is 1. The summed E-state index contributed by atoms with van der Waals surface area (Å²) in [6.45, 7) is 7.48. The van der Waals surface area contributed by atoms with E-state index in [4.69, 9.17) is 0 Å². The number of carbonyl (C=O) groups excluding carboxylic acids is 1. The predicted molar refractivity (Wildman–Crippen MR) is 49.8 cm³/mol. The monoisotopic (exact) mass is 168 g/mol. The van der Waals surface area contributed by atoms with Crippen LogP contribution in [-0.2, 0) is 4.79 Å². The summed E-state index contributed by atoms with van der Waals surface area (Å²) in [6, 6.07) is 0. The standard InChI is InChI=1S/C10H18NO/c1-9(2)6-11-5-3-4-10(7-11)8-12/h8,10H,3-7H2,1-2H3. The lowest BCUT2D eigenvalue weighted by Crippen LogP contribution is -2.37. The minimum Gasteiger partial charge on any atom is -0.303 e. The third kappa shape index (κ3) is 2.94. The lowest BCUT2D eigenvalue weighted by Gasteiger charge is -2.31. The molecule has 1 heterocycles. The number of piperidine rings is 1. The van der Waals surface area contributed by atoms with Crippen LogP contribution >= 0.6 is 0 Å². The number of likely N-dealkylation sites (tertiary alicyclic amines) is 1. The van der Waals surface area contributed by atoms with Crippen molar-refractivity contribution in [2.24, 2.45) is 5.92 Å². The van der Waals surface area contributed by atoms with Gasteiger partial charge in [0, 0.05) is 19.0 Å². The van der Waals surface area contributed by atoms with E-state index in [-0.39, 0.29) is 5.92 Å². The molecule has 1 fully saturated rings. The van der Waals surface area contributed by atoms with Crippen LogP contribution in [0.4, 0.5) is 0 Å². The van der Waals surface area contributed by atoms with Crippen LogP contribution in [0.3, 0.4) is 0 Å².